The van der Waals surface area contributed by atoms with Crippen molar-refractivity contribution in [3.8, 4) is 0 Å². The summed E-state index contributed by atoms with van der Waals surface area (Å²) in [6.45, 7) is 4.48. The molecule has 0 radical (unpaired) electrons. The topological polar surface area (TPSA) is 15.3 Å². The molecule has 0 bridgehead atoms. The van der Waals surface area contributed by atoms with Crippen molar-refractivity contribution in [1.29, 1.82) is 0 Å². The SMILES string of the molecule is CCCP(C)NN(C)C. The molecule has 1 N–H and O–H groups in total. The van der Waals surface area contributed by atoms with Gasteiger partial charge in [0.1, 0.15) is 0 Å². The summed E-state index contributed by atoms with van der Waals surface area (Å²) in [6, 6.07) is 0. The normalized spacial score (nSPS) is 14.3. The van der Waals surface area contributed by atoms with Crippen LogP contribution in [0.5, 0.6) is 0 Å². The minimum Gasteiger partial charge on any atom is -0.247 e. The highest BCUT2D eigenvalue weighted by Crippen LogP contribution is 2.24. The van der Waals surface area contributed by atoms with Crippen molar-refractivity contribution >= 4 is 8.07 Å². The zero-order chi connectivity index (χ0) is 7.28. The molecule has 56 valence electrons. The summed E-state index contributed by atoms with van der Waals surface area (Å²) in [5.41, 5.74) is 0. The molecule has 0 fully saturated rings. The molecule has 3 heteroatoms. The fraction of sp³-hybridized carbons (Fsp3) is 1.00. The van der Waals surface area contributed by atoms with Gasteiger partial charge in [-0.1, -0.05) is 13.3 Å². The minimum atomic E-state index is 0.0558. The van der Waals surface area contributed by atoms with Crippen LogP contribution < -0.4 is 5.20 Å². The van der Waals surface area contributed by atoms with Crippen LogP contribution in [-0.4, -0.2) is 31.9 Å². The third kappa shape index (κ3) is 6.23. The molecule has 0 saturated heterocycles. The van der Waals surface area contributed by atoms with Crippen LogP contribution >= 0.6 is 8.07 Å². The maximum Gasteiger partial charge on any atom is 0.00160 e. The van der Waals surface area contributed by atoms with Gasteiger partial charge < -0.3 is 0 Å². The zero-order valence-electron chi connectivity index (χ0n) is 6.81. The van der Waals surface area contributed by atoms with Crippen LogP contribution in [0.25, 0.3) is 0 Å². The third-order valence-electron chi connectivity index (χ3n) is 0.930. The molecule has 2 nitrogen and oxygen atoms in total. The molecule has 0 spiro atoms. The van der Waals surface area contributed by atoms with E-state index in [2.05, 4.69) is 18.8 Å². The molecule has 0 aliphatic heterocycles. The highest BCUT2D eigenvalue weighted by molar-refractivity contribution is 7.54. The molecular formula is C6H17N2P. The monoisotopic (exact) mass is 148 g/mol. The van der Waals surface area contributed by atoms with Gasteiger partial charge in [0.05, 0.1) is 0 Å². The fourth-order valence-corrected chi connectivity index (χ4v) is 2.18. The van der Waals surface area contributed by atoms with E-state index in [1.807, 2.05) is 19.1 Å². The lowest BCUT2D eigenvalue weighted by atomic mass is 10.6. The summed E-state index contributed by atoms with van der Waals surface area (Å²) < 4.78 is 0. The molecule has 0 heterocycles. The Bertz CT molecular complexity index is 66.1. The van der Waals surface area contributed by atoms with Gasteiger partial charge in [0.15, 0.2) is 0 Å². The van der Waals surface area contributed by atoms with Crippen LogP contribution in [-0.2, 0) is 0 Å². The third-order valence-corrected chi connectivity index (χ3v) is 2.79. The molecule has 1 unspecified atom stereocenters. The number of rotatable bonds is 4. The summed E-state index contributed by atoms with van der Waals surface area (Å²) in [4.78, 5) is 0. The second-order valence-corrected chi connectivity index (χ2v) is 4.46. The van der Waals surface area contributed by atoms with Crippen LogP contribution in [0, 0.1) is 0 Å². The van der Waals surface area contributed by atoms with Gasteiger partial charge in [-0.05, 0) is 20.9 Å². The van der Waals surface area contributed by atoms with Gasteiger partial charge in [0.2, 0.25) is 0 Å². The second kappa shape index (κ2) is 5.16. The Balaban J connectivity index is 3.15. The first-order chi connectivity index (χ1) is 4.16. The molecule has 0 amide bonds. The average Bonchev–Trinajstić information content (AvgIpc) is 1.63. The van der Waals surface area contributed by atoms with Gasteiger partial charge >= 0.3 is 0 Å². The Morgan fingerprint density at radius 3 is 2.33 bits per heavy atom. The van der Waals surface area contributed by atoms with Crippen LogP contribution in [0.3, 0.4) is 0 Å². The molecule has 0 aromatic heterocycles. The van der Waals surface area contributed by atoms with Gasteiger partial charge in [-0.3, -0.25) is 0 Å². The second-order valence-electron chi connectivity index (χ2n) is 2.42. The van der Waals surface area contributed by atoms with E-state index < -0.39 is 0 Å². The van der Waals surface area contributed by atoms with E-state index in [9.17, 15) is 0 Å². The molecule has 0 aromatic carbocycles. The molecule has 0 aliphatic carbocycles. The van der Waals surface area contributed by atoms with Gasteiger partial charge in [-0.2, -0.15) is 0 Å². The maximum absolute atomic E-state index is 3.34. The lowest BCUT2D eigenvalue weighted by Crippen LogP contribution is -2.25. The lowest BCUT2D eigenvalue weighted by molar-refractivity contribution is 0.379. The number of nitrogens with zero attached hydrogens (tertiary/aromatic N) is 1. The number of hydrazine groups is 1. The molecule has 0 aromatic rings. The predicted molar refractivity (Wildman–Crippen MR) is 44.8 cm³/mol. The smallest absolute Gasteiger partial charge is 0.00160 e. The summed E-state index contributed by atoms with van der Waals surface area (Å²) in [6.07, 6.45) is 2.59. The van der Waals surface area contributed by atoms with E-state index in [1.165, 1.54) is 12.6 Å². The Hall–Kier alpha value is 0.350. The number of hydrogen-bond donors (Lipinski definition) is 1. The summed E-state index contributed by atoms with van der Waals surface area (Å²) >= 11 is 0. The number of hydrogen-bond acceptors (Lipinski definition) is 2. The fourth-order valence-electron chi connectivity index (χ4n) is 0.727. The van der Waals surface area contributed by atoms with Crippen LogP contribution in [0.15, 0.2) is 0 Å². The summed E-state index contributed by atoms with van der Waals surface area (Å²) in [5.74, 6) is 0. The van der Waals surface area contributed by atoms with Crippen LogP contribution in [0.4, 0.5) is 0 Å². The van der Waals surface area contributed by atoms with Gasteiger partial charge in [0.25, 0.3) is 0 Å². The quantitative estimate of drug-likeness (QED) is 0.480. The van der Waals surface area contributed by atoms with Crippen molar-refractivity contribution < 1.29 is 0 Å². The number of nitrogens with one attached hydrogen (secondary N) is 1. The zero-order valence-corrected chi connectivity index (χ0v) is 7.70. The van der Waals surface area contributed by atoms with Crippen LogP contribution in [0.2, 0.25) is 0 Å². The molecule has 0 saturated carbocycles. The summed E-state index contributed by atoms with van der Waals surface area (Å²) in [5, 5.41) is 5.37. The highest BCUT2D eigenvalue weighted by Gasteiger charge is 1.97. The van der Waals surface area contributed by atoms with E-state index in [1.54, 1.807) is 0 Å². The maximum atomic E-state index is 3.34. The van der Waals surface area contributed by atoms with Gasteiger partial charge in [-0.25, -0.2) is 10.2 Å². The standard InChI is InChI=1S/C6H17N2P/c1-5-6-9(4)7-8(2)3/h7H,5-6H2,1-4H3. The Morgan fingerprint density at radius 1 is 1.44 bits per heavy atom. The van der Waals surface area contributed by atoms with E-state index in [0.29, 0.717) is 0 Å². The van der Waals surface area contributed by atoms with Crippen molar-refractivity contribution in [2.75, 3.05) is 26.9 Å². The van der Waals surface area contributed by atoms with E-state index in [4.69, 9.17) is 0 Å². The minimum absolute atomic E-state index is 0.0558. The van der Waals surface area contributed by atoms with Gasteiger partial charge in [0, 0.05) is 14.1 Å². The van der Waals surface area contributed by atoms with E-state index >= 15 is 0 Å². The van der Waals surface area contributed by atoms with Crippen molar-refractivity contribution in [2.45, 2.75) is 13.3 Å². The average molecular weight is 148 g/mol. The molecule has 0 aliphatic rings. The van der Waals surface area contributed by atoms with Crippen molar-refractivity contribution in [3.05, 3.63) is 0 Å². The summed E-state index contributed by atoms with van der Waals surface area (Å²) in [7, 11) is 4.13. The van der Waals surface area contributed by atoms with Crippen LogP contribution in [0.1, 0.15) is 13.3 Å². The molecule has 1 atom stereocenters. The van der Waals surface area contributed by atoms with E-state index in [0.717, 1.165) is 0 Å². The first kappa shape index (κ1) is 9.35. The van der Waals surface area contributed by atoms with E-state index in [-0.39, 0.29) is 8.07 Å². The Morgan fingerprint density at radius 2 is 2.00 bits per heavy atom. The Kier molecular flexibility index (Phi) is 5.36. The predicted octanol–water partition coefficient (Wildman–Crippen LogP) is 1.49. The largest absolute Gasteiger partial charge is 0.247 e. The van der Waals surface area contributed by atoms with Gasteiger partial charge in [-0.15, -0.1) is 0 Å². The first-order valence-electron chi connectivity index (χ1n) is 3.31. The lowest BCUT2D eigenvalue weighted by Gasteiger charge is -2.18. The molecule has 9 heavy (non-hydrogen) atoms. The Labute approximate surface area is 59.4 Å². The van der Waals surface area contributed by atoms with Crippen molar-refractivity contribution in [3.63, 3.8) is 0 Å². The first-order valence-corrected chi connectivity index (χ1v) is 5.29. The molecule has 0 rings (SSSR count). The highest BCUT2D eigenvalue weighted by atomic mass is 31.1. The van der Waals surface area contributed by atoms with Crippen molar-refractivity contribution in [2.24, 2.45) is 0 Å². The molecular weight excluding hydrogens is 131 g/mol. The van der Waals surface area contributed by atoms with Crippen molar-refractivity contribution in [1.82, 2.24) is 10.2 Å².